The fourth-order valence-electron chi connectivity index (χ4n) is 3.91. The lowest BCUT2D eigenvalue weighted by molar-refractivity contribution is -0.00127. The van der Waals surface area contributed by atoms with Crippen LogP contribution in [-0.4, -0.2) is 24.0 Å². The molecule has 1 aromatic heterocycles. The second-order valence-corrected chi connectivity index (χ2v) is 8.40. The van der Waals surface area contributed by atoms with E-state index in [0.29, 0.717) is 5.92 Å². The zero-order valence-electron chi connectivity index (χ0n) is 12.9. The summed E-state index contributed by atoms with van der Waals surface area (Å²) < 4.78 is 1.19. The Morgan fingerprint density at radius 2 is 2.25 bits per heavy atom. The van der Waals surface area contributed by atoms with E-state index in [1.807, 2.05) is 11.3 Å². The van der Waals surface area contributed by atoms with Crippen LogP contribution in [0.4, 0.5) is 0 Å². The van der Waals surface area contributed by atoms with Gasteiger partial charge in [0.1, 0.15) is 0 Å². The van der Waals surface area contributed by atoms with Gasteiger partial charge in [-0.25, -0.2) is 0 Å². The lowest BCUT2D eigenvalue weighted by Crippen LogP contribution is -2.59. The van der Waals surface area contributed by atoms with E-state index >= 15 is 0 Å². The molecule has 1 aromatic rings. The van der Waals surface area contributed by atoms with Gasteiger partial charge in [-0.05, 0) is 53.7 Å². The summed E-state index contributed by atoms with van der Waals surface area (Å²) in [5.74, 6) is 1.42. The molecule has 2 N–H and O–H groups in total. The van der Waals surface area contributed by atoms with Gasteiger partial charge in [-0.15, -0.1) is 11.3 Å². The second-order valence-electron chi connectivity index (χ2n) is 6.49. The summed E-state index contributed by atoms with van der Waals surface area (Å²) >= 11 is 5.38. The van der Waals surface area contributed by atoms with Gasteiger partial charge in [0.25, 0.3) is 0 Å². The third-order valence-corrected chi connectivity index (χ3v) is 6.68. The summed E-state index contributed by atoms with van der Waals surface area (Å²) in [4.78, 5) is 3.95. The molecule has 2 nitrogen and oxygen atoms in total. The molecule has 0 radical (unpaired) electrons. The largest absolute Gasteiger partial charge is 0.329 e. The van der Waals surface area contributed by atoms with Gasteiger partial charge in [0.05, 0.1) is 0 Å². The van der Waals surface area contributed by atoms with E-state index in [2.05, 4.69) is 53.2 Å². The fraction of sp³-hybridized carbons (Fsp3) is 0.750. The smallest absolute Gasteiger partial charge is 0.0363 e. The van der Waals surface area contributed by atoms with Gasteiger partial charge in [0.2, 0.25) is 0 Å². The lowest BCUT2D eigenvalue weighted by Gasteiger charge is -2.51. The maximum atomic E-state index is 6.28. The van der Waals surface area contributed by atoms with Crippen molar-refractivity contribution in [3.05, 3.63) is 20.8 Å². The van der Waals surface area contributed by atoms with Crippen molar-refractivity contribution >= 4 is 27.3 Å². The van der Waals surface area contributed by atoms with Crippen LogP contribution in [0.25, 0.3) is 0 Å². The van der Waals surface area contributed by atoms with Crippen LogP contribution in [0.1, 0.15) is 44.4 Å². The van der Waals surface area contributed by atoms with Crippen molar-refractivity contribution in [3.63, 3.8) is 0 Å². The molecule has 2 rings (SSSR count). The van der Waals surface area contributed by atoms with Crippen LogP contribution >= 0.6 is 27.3 Å². The third-order valence-electron chi connectivity index (χ3n) is 5.00. The summed E-state index contributed by atoms with van der Waals surface area (Å²) in [7, 11) is 2.27. The zero-order valence-corrected chi connectivity index (χ0v) is 15.3. The van der Waals surface area contributed by atoms with E-state index in [0.717, 1.165) is 19.0 Å². The summed E-state index contributed by atoms with van der Waals surface area (Å²) in [6, 6.07) is 2.23. The highest BCUT2D eigenvalue weighted by molar-refractivity contribution is 9.10. The molecule has 2 atom stereocenters. The molecule has 0 aliphatic heterocycles. The van der Waals surface area contributed by atoms with Crippen molar-refractivity contribution in [3.8, 4) is 0 Å². The van der Waals surface area contributed by atoms with Gasteiger partial charge in [0, 0.05) is 33.4 Å². The Labute approximate surface area is 135 Å². The Balaban J connectivity index is 2.19. The van der Waals surface area contributed by atoms with Gasteiger partial charge in [-0.2, -0.15) is 0 Å². The molecular weight excluding hydrogens is 332 g/mol. The molecule has 0 amide bonds. The number of nitrogens with zero attached hydrogens (tertiary/aromatic N) is 1. The third kappa shape index (κ3) is 3.29. The van der Waals surface area contributed by atoms with Crippen molar-refractivity contribution in [2.24, 2.45) is 17.6 Å². The monoisotopic (exact) mass is 358 g/mol. The molecule has 1 aliphatic carbocycles. The van der Waals surface area contributed by atoms with Gasteiger partial charge in [-0.3, -0.25) is 4.90 Å². The SMILES string of the molecule is CC(C)C1CCCCC1(CN)N(C)Cc1cc(Br)cs1. The zero-order chi connectivity index (χ0) is 14.8. The fourth-order valence-corrected chi connectivity index (χ4v) is 5.42. The lowest BCUT2D eigenvalue weighted by atomic mass is 9.67. The minimum absolute atomic E-state index is 0.183. The minimum Gasteiger partial charge on any atom is -0.329 e. The number of hydrogen-bond acceptors (Lipinski definition) is 3. The Hall–Kier alpha value is 0.1000. The number of likely N-dealkylation sites (N-methyl/N-ethyl adjacent to an activating group) is 1. The van der Waals surface area contributed by atoms with Crippen LogP contribution in [0.3, 0.4) is 0 Å². The Morgan fingerprint density at radius 3 is 2.80 bits per heavy atom. The molecule has 0 aromatic carbocycles. The normalized spacial score (nSPS) is 27.4. The first-order chi connectivity index (χ1) is 9.49. The molecule has 4 heteroatoms. The Bertz CT molecular complexity index is 432. The number of rotatable bonds is 5. The highest BCUT2D eigenvalue weighted by Crippen LogP contribution is 2.42. The van der Waals surface area contributed by atoms with E-state index in [9.17, 15) is 0 Å². The Morgan fingerprint density at radius 1 is 1.50 bits per heavy atom. The van der Waals surface area contributed by atoms with Crippen LogP contribution in [0.5, 0.6) is 0 Å². The minimum atomic E-state index is 0.183. The molecule has 1 saturated carbocycles. The van der Waals surface area contributed by atoms with E-state index in [-0.39, 0.29) is 5.54 Å². The number of hydrogen-bond donors (Lipinski definition) is 1. The van der Waals surface area contributed by atoms with Crippen molar-refractivity contribution in [1.29, 1.82) is 0 Å². The molecule has 1 fully saturated rings. The number of halogens is 1. The van der Waals surface area contributed by atoms with E-state index < -0.39 is 0 Å². The quantitative estimate of drug-likeness (QED) is 0.840. The van der Waals surface area contributed by atoms with Crippen LogP contribution < -0.4 is 5.73 Å². The molecule has 1 aliphatic rings. The van der Waals surface area contributed by atoms with Gasteiger partial charge < -0.3 is 5.73 Å². The maximum Gasteiger partial charge on any atom is 0.0363 e. The van der Waals surface area contributed by atoms with Crippen molar-refractivity contribution in [2.45, 2.75) is 51.6 Å². The maximum absolute atomic E-state index is 6.28. The van der Waals surface area contributed by atoms with E-state index in [4.69, 9.17) is 5.73 Å². The highest BCUT2D eigenvalue weighted by atomic mass is 79.9. The summed E-state index contributed by atoms with van der Waals surface area (Å²) in [5, 5.41) is 2.17. The average molecular weight is 359 g/mol. The highest BCUT2D eigenvalue weighted by Gasteiger charge is 2.44. The summed E-state index contributed by atoms with van der Waals surface area (Å²) in [6.07, 6.45) is 5.25. The van der Waals surface area contributed by atoms with Crippen LogP contribution in [0, 0.1) is 11.8 Å². The van der Waals surface area contributed by atoms with Crippen molar-refractivity contribution in [2.75, 3.05) is 13.6 Å². The van der Waals surface area contributed by atoms with E-state index in [1.165, 1.54) is 35.0 Å². The van der Waals surface area contributed by atoms with Crippen LogP contribution in [0.2, 0.25) is 0 Å². The van der Waals surface area contributed by atoms with Crippen molar-refractivity contribution < 1.29 is 0 Å². The van der Waals surface area contributed by atoms with Crippen molar-refractivity contribution in [1.82, 2.24) is 4.90 Å². The predicted octanol–water partition coefficient (Wildman–Crippen LogP) is 4.49. The van der Waals surface area contributed by atoms with Crippen LogP contribution in [-0.2, 0) is 6.54 Å². The topological polar surface area (TPSA) is 29.3 Å². The molecule has 0 bridgehead atoms. The standard InChI is InChI=1S/C16H27BrN2S/c1-12(2)15-6-4-5-7-16(15,11-18)19(3)9-14-8-13(17)10-20-14/h8,10,12,15H,4-7,9,11,18H2,1-3H3. The molecule has 114 valence electrons. The first-order valence-electron chi connectivity index (χ1n) is 7.64. The molecular formula is C16H27BrN2S. The van der Waals surface area contributed by atoms with Crippen LogP contribution in [0.15, 0.2) is 15.9 Å². The summed E-state index contributed by atoms with van der Waals surface area (Å²) in [5.41, 5.74) is 6.46. The number of thiophene rings is 1. The second kappa shape index (κ2) is 6.91. The molecule has 0 spiro atoms. The van der Waals surface area contributed by atoms with E-state index in [1.54, 1.807) is 0 Å². The molecule has 2 unspecified atom stereocenters. The first kappa shape index (κ1) is 16.5. The molecule has 1 heterocycles. The van der Waals surface area contributed by atoms with Gasteiger partial charge in [0.15, 0.2) is 0 Å². The van der Waals surface area contributed by atoms with Gasteiger partial charge in [-0.1, -0.05) is 26.7 Å². The molecule has 20 heavy (non-hydrogen) atoms. The predicted molar refractivity (Wildman–Crippen MR) is 92.1 cm³/mol. The molecule has 0 saturated heterocycles. The average Bonchev–Trinajstić information content (AvgIpc) is 2.83. The first-order valence-corrected chi connectivity index (χ1v) is 9.31. The van der Waals surface area contributed by atoms with Gasteiger partial charge >= 0.3 is 0 Å². The Kier molecular flexibility index (Phi) is 5.69. The summed E-state index contributed by atoms with van der Waals surface area (Å²) in [6.45, 7) is 6.50. The number of nitrogens with two attached hydrogens (primary N) is 1.